The van der Waals surface area contributed by atoms with Crippen LogP contribution in [0.5, 0.6) is 0 Å². The van der Waals surface area contributed by atoms with Gasteiger partial charge in [-0.05, 0) is 18.8 Å². The van der Waals surface area contributed by atoms with Gasteiger partial charge in [-0.15, -0.1) is 0 Å². The number of nitrogens with zero attached hydrogens (tertiary/aromatic N) is 3. The summed E-state index contributed by atoms with van der Waals surface area (Å²) in [5, 5.41) is 7.57. The maximum absolute atomic E-state index is 7.57. The van der Waals surface area contributed by atoms with Crippen LogP contribution in [0.25, 0.3) is 0 Å². The first kappa shape index (κ1) is 12.8. The Bertz CT molecular complexity index is 429. The lowest BCUT2D eigenvalue weighted by Crippen LogP contribution is -2.41. The van der Waals surface area contributed by atoms with Crippen molar-refractivity contribution >= 4 is 11.7 Å². The van der Waals surface area contributed by atoms with Gasteiger partial charge in [0.25, 0.3) is 0 Å². The van der Waals surface area contributed by atoms with E-state index < -0.39 is 0 Å². The van der Waals surface area contributed by atoms with Gasteiger partial charge in [0.05, 0.1) is 5.84 Å². The Morgan fingerprint density at radius 2 is 2.28 bits per heavy atom. The summed E-state index contributed by atoms with van der Waals surface area (Å²) in [6, 6.07) is 2.05. The monoisotopic (exact) mass is 247 g/mol. The van der Waals surface area contributed by atoms with E-state index in [1.54, 1.807) is 6.33 Å². The van der Waals surface area contributed by atoms with Crippen molar-refractivity contribution in [1.29, 1.82) is 5.41 Å². The van der Waals surface area contributed by atoms with Gasteiger partial charge >= 0.3 is 0 Å². The minimum Gasteiger partial charge on any atom is -0.387 e. The Morgan fingerprint density at radius 3 is 2.94 bits per heavy atom. The highest BCUT2D eigenvalue weighted by molar-refractivity contribution is 5.80. The van der Waals surface area contributed by atoms with Gasteiger partial charge in [0, 0.05) is 30.8 Å². The van der Waals surface area contributed by atoms with Crippen molar-refractivity contribution in [3.8, 4) is 0 Å². The SMILES string of the molecule is CC(C)c1cc(N2CCCC(C(=N)N)C2)ncn1. The van der Waals surface area contributed by atoms with Crippen molar-refractivity contribution < 1.29 is 0 Å². The van der Waals surface area contributed by atoms with Crippen molar-refractivity contribution in [2.24, 2.45) is 11.7 Å². The zero-order valence-electron chi connectivity index (χ0n) is 11.1. The van der Waals surface area contributed by atoms with E-state index in [1.165, 1.54) is 0 Å². The molecule has 1 saturated heterocycles. The van der Waals surface area contributed by atoms with Gasteiger partial charge < -0.3 is 10.6 Å². The molecule has 1 aliphatic rings. The fraction of sp³-hybridized carbons (Fsp3) is 0.615. The molecular weight excluding hydrogens is 226 g/mol. The number of amidine groups is 1. The van der Waals surface area contributed by atoms with Crippen molar-refractivity contribution in [1.82, 2.24) is 9.97 Å². The lowest BCUT2D eigenvalue weighted by atomic mass is 9.97. The summed E-state index contributed by atoms with van der Waals surface area (Å²) in [6.07, 6.45) is 3.70. The topological polar surface area (TPSA) is 78.9 Å². The molecule has 1 aromatic rings. The molecule has 0 spiro atoms. The van der Waals surface area contributed by atoms with Gasteiger partial charge in [-0.25, -0.2) is 9.97 Å². The molecule has 1 aromatic heterocycles. The summed E-state index contributed by atoms with van der Waals surface area (Å²) in [7, 11) is 0. The van der Waals surface area contributed by atoms with Crippen LogP contribution in [0.1, 0.15) is 38.3 Å². The van der Waals surface area contributed by atoms with Crippen LogP contribution in [-0.2, 0) is 0 Å². The minimum absolute atomic E-state index is 0.163. The molecule has 0 saturated carbocycles. The number of nitrogens with two attached hydrogens (primary N) is 1. The number of aromatic nitrogens is 2. The molecule has 1 aliphatic heterocycles. The Balaban J connectivity index is 2.15. The summed E-state index contributed by atoms with van der Waals surface area (Å²) < 4.78 is 0. The Morgan fingerprint density at radius 1 is 1.50 bits per heavy atom. The third-order valence-electron chi connectivity index (χ3n) is 3.45. The molecule has 0 aliphatic carbocycles. The van der Waals surface area contributed by atoms with Crippen molar-refractivity contribution in [2.45, 2.75) is 32.6 Å². The number of hydrogen-bond donors (Lipinski definition) is 2. The number of nitrogens with one attached hydrogen (secondary N) is 1. The lowest BCUT2D eigenvalue weighted by Gasteiger charge is -2.33. The maximum atomic E-state index is 7.57. The third-order valence-corrected chi connectivity index (χ3v) is 3.45. The first-order chi connectivity index (χ1) is 8.58. The molecule has 2 rings (SSSR count). The second-order valence-electron chi connectivity index (χ2n) is 5.20. The van der Waals surface area contributed by atoms with E-state index in [9.17, 15) is 0 Å². The van der Waals surface area contributed by atoms with Crippen LogP contribution >= 0.6 is 0 Å². The van der Waals surface area contributed by atoms with E-state index >= 15 is 0 Å². The van der Waals surface area contributed by atoms with E-state index in [0.717, 1.165) is 37.4 Å². The predicted octanol–water partition coefficient (Wildman–Crippen LogP) is 1.75. The Labute approximate surface area is 108 Å². The third kappa shape index (κ3) is 2.78. The molecule has 5 heteroatoms. The van der Waals surface area contributed by atoms with Crippen LogP contribution < -0.4 is 10.6 Å². The molecule has 18 heavy (non-hydrogen) atoms. The van der Waals surface area contributed by atoms with Crippen LogP contribution in [0, 0.1) is 11.3 Å². The Kier molecular flexibility index (Phi) is 3.79. The molecule has 5 nitrogen and oxygen atoms in total. The average Bonchev–Trinajstić information content (AvgIpc) is 2.39. The maximum Gasteiger partial charge on any atom is 0.132 e. The molecular formula is C13H21N5. The van der Waals surface area contributed by atoms with E-state index in [0.29, 0.717) is 5.92 Å². The molecule has 3 N–H and O–H groups in total. The normalized spacial score (nSPS) is 20.2. The molecule has 0 radical (unpaired) electrons. The molecule has 0 bridgehead atoms. The smallest absolute Gasteiger partial charge is 0.132 e. The molecule has 2 heterocycles. The van der Waals surface area contributed by atoms with Crippen molar-refractivity contribution in [3.05, 3.63) is 18.1 Å². The summed E-state index contributed by atoms with van der Waals surface area (Å²) in [6.45, 7) is 6.03. The van der Waals surface area contributed by atoms with Gasteiger partial charge in [-0.1, -0.05) is 13.8 Å². The van der Waals surface area contributed by atoms with Gasteiger partial charge in [-0.2, -0.15) is 0 Å². The van der Waals surface area contributed by atoms with E-state index in [4.69, 9.17) is 11.1 Å². The number of anilines is 1. The summed E-state index contributed by atoms with van der Waals surface area (Å²) in [5.41, 5.74) is 6.67. The highest BCUT2D eigenvalue weighted by Crippen LogP contribution is 2.23. The highest BCUT2D eigenvalue weighted by atomic mass is 15.2. The second-order valence-corrected chi connectivity index (χ2v) is 5.20. The van der Waals surface area contributed by atoms with Crippen molar-refractivity contribution in [3.63, 3.8) is 0 Å². The zero-order valence-corrected chi connectivity index (χ0v) is 11.1. The predicted molar refractivity (Wildman–Crippen MR) is 73.0 cm³/mol. The molecule has 1 fully saturated rings. The van der Waals surface area contributed by atoms with E-state index in [-0.39, 0.29) is 11.8 Å². The summed E-state index contributed by atoms with van der Waals surface area (Å²) in [5.74, 6) is 1.81. The van der Waals surface area contributed by atoms with E-state index in [2.05, 4.69) is 28.7 Å². The molecule has 0 amide bonds. The highest BCUT2D eigenvalue weighted by Gasteiger charge is 2.23. The van der Waals surface area contributed by atoms with Gasteiger partial charge in [0.15, 0.2) is 0 Å². The fourth-order valence-electron chi connectivity index (χ4n) is 2.29. The number of rotatable bonds is 3. The summed E-state index contributed by atoms with van der Waals surface area (Å²) >= 11 is 0. The average molecular weight is 247 g/mol. The quantitative estimate of drug-likeness (QED) is 0.630. The Hall–Kier alpha value is -1.65. The number of hydrogen-bond acceptors (Lipinski definition) is 4. The first-order valence-corrected chi connectivity index (χ1v) is 6.48. The first-order valence-electron chi connectivity index (χ1n) is 6.48. The molecule has 98 valence electrons. The molecule has 1 atom stereocenters. The second kappa shape index (κ2) is 5.33. The fourth-order valence-corrected chi connectivity index (χ4v) is 2.29. The lowest BCUT2D eigenvalue weighted by molar-refractivity contribution is 0.499. The molecule has 1 unspecified atom stereocenters. The zero-order chi connectivity index (χ0) is 13.1. The van der Waals surface area contributed by atoms with Crippen LogP contribution in [0.3, 0.4) is 0 Å². The summed E-state index contributed by atoms with van der Waals surface area (Å²) in [4.78, 5) is 10.8. The van der Waals surface area contributed by atoms with Gasteiger partial charge in [0.1, 0.15) is 12.1 Å². The van der Waals surface area contributed by atoms with Crippen LogP contribution in [-0.4, -0.2) is 28.9 Å². The van der Waals surface area contributed by atoms with Crippen LogP contribution in [0.2, 0.25) is 0 Å². The molecule has 0 aromatic carbocycles. The van der Waals surface area contributed by atoms with Crippen LogP contribution in [0.4, 0.5) is 5.82 Å². The number of piperidine rings is 1. The van der Waals surface area contributed by atoms with Crippen LogP contribution in [0.15, 0.2) is 12.4 Å². The minimum atomic E-state index is 0.163. The van der Waals surface area contributed by atoms with E-state index in [1.807, 2.05) is 6.07 Å². The van der Waals surface area contributed by atoms with Crippen molar-refractivity contribution in [2.75, 3.05) is 18.0 Å². The van der Waals surface area contributed by atoms with Gasteiger partial charge in [-0.3, -0.25) is 5.41 Å². The van der Waals surface area contributed by atoms with Gasteiger partial charge in [0.2, 0.25) is 0 Å². The standard InChI is InChI=1S/C13H21N5/c1-9(2)11-6-12(17-8-16-11)18-5-3-4-10(7-18)13(14)15/h6,8-10H,3-5,7H2,1-2H3,(H3,14,15). The largest absolute Gasteiger partial charge is 0.387 e.